The van der Waals surface area contributed by atoms with Crippen LogP contribution in [0.4, 0.5) is 5.82 Å². The molecule has 2 N–H and O–H groups in total. The number of nitrogens with two attached hydrogens (primary N) is 1. The van der Waals surface area contributed by atoms with E-state index >= 15 is 0 Å². The number of nitrogens with zero attached hydrogens (tertiary/aromatic N) is 1. The van der Waals surface area contributed by atoms with Gasteiger partial charge in [-0.1, -0.05) is 35.9 Å². The molecule has 3 heteroatoms. The first-order valence-electron chi connectivity index (χ1n) is 4.00. The van der Waals surface area contributed by atoms with E-state index in [9.17, 15) is 0 Å². The second kappa shape index (κ2) is 2.89. The van der Waals surface area contributed by atoms with Crippen molar-refractivity contribution in [3.8, 4) is 0 Å². The third kappa shape index (κ3) is 1.23. The van der Waals surface area contributed by atoms with Crippen LogP contribution in [0.5, 0.6) is 0 Å². The second-order valence-corrected chi connectivity index (χ2v) is 3.32. The van der Waals surface area contributed by atoms with Crippen molar-refractivity contribution in [1.29, 1.82) is 0 Å². The summed E-state index contributed by atoms with van der Waals surface area (Å²) < 4.78 is 0. The molecule has 0 fully saturated rings. The summed E-state index contributed by atoms with van der Waals surface area (Å²) in [5.74, 6) is 0.492. The van der Waals surface area contributed by atoms with Gasteiger partial charge in [-0.15, -0.1) is 0 Å². The summed E-state index contributed by atoms with van der Waals surface area (Å²) in [5, 5.41) is 2.51. The van der Waals surface area contributed by atoms with Gasteiger partial charge < -0.3 is 5.73 Å². The fourth-order valence-corrected chi connectivity index (χ4v) is 1.59. The van der Waals surface area contributed by atoms with E-state index < -0.39 is 0 Å². The number of hydrogen-bond acceptors (Lipinski definition) is 2. The van der Waals surface area contributed by atoms with E-state index in [1.54, 1.807) is 0 Å². The maximum absolute atomic E-state index is 5.90. The van der Waals surface area contributed by atoms with E-state index in [2.05, 4.69) is 4.98 Å². The first kappa shape index (κ1) is 8.32. The molecule has 0 unspecified atom stereocenters. The van der Waals surface area contributed by atoms with Gasteiger partial charge in [0.05, 0.1) is 0 Å². The Morgan fingerprint density at radius 2 is 1.85 bits per heavy atom. The quantitative estimate of drug-likeness (QED) is 0.652. The average Bonchev–Trinajstić information content (AvgIpc) is 2.15. The zero-order valence-electron chi connectivity index (χ0n) is 7.21. The zero-order valence-corrected chi connectivity index (χ0v) is 7.97. The van der Waals surface area contributed by atoms with Gasteiger partial charge in [0.1, 0.15) is 11.0 Å². The standard InChI is InChI=1S/C10H9ClN2/c1-6-7-4-2-3-5-8(7)10(12)13-9(6)11/h2-5H,1H3,(H2,12,13). The lowest BCUT2D eigenvalue weighted by Crippen LogP contribution is -1.94. The van der Waals surface area contributed by atoms with Crippen LogP contribution >= 0.6 is 11.6 Å². The maximum atomic E-state index is 5.90. The molecule has 0 aliphatic rings. The van der Waals surface area contributed by atoms with Crippen molar-refractivity contribution in [2.45, 2.75) is 6.92 Å². The van der Waals surface area contributed by atoms with Gasteiger partial charge in [-0.05, 0) is 17.9 Å². The molecule has 2 nitrogen and oxygen atoms in total. The molecule has 0 saturated heterocycles. The van der Waals surface area contributed by atoms with Gasteiger partial charge in [-0.2, -0.15) is 0 Å². The van der Waals surface area contributed by atoms with Crippen LogP contribution in [-0.2, 0) is 0 Å². The van der Waals surface area contributed by atoms with Crippen molar-refractivity contribution in [3.63, 3.8) is 0 Å². The molecule has 0 aliphatic carbocycles. The molecule has 0 bridgehead atoms. The van der Waals surface area contributed by atoms with Crippen LogP contribution in [-0.4, -0.2) is 4.98 Å². The van der Waals surface area contributed by atoms with Crippen molar-refractivity contribution >= 4 is 28.2 Å². The van der Waals surface area contributed by atoms with Crippen LogP contribution in [0, 0.1) is 6.92 Å². The SMILES string of the molecule is Cc1c(Cl)nc(N)c2ccccc12. The smallest absolute Gasteiger partial charge is 0.135 e. The maximum Gasteiger partial charge on any atom is 0.135 e. The number of nitrogen functional groups attached to an aromatic ring is 1. The van der Waals surface area contributed by atoms with Gasteiger partial charge in [-0.25, -0.2) is 4.98 Å². The van der Waals surface area contributed by atoms with Crippen molar-refractivity contribution in [1.82, 2.24) is 4.98 Å². The summed E-state index contributed by atoms with van der Waals surface area (Å²) in [6.07, 6.45) is 0. The van der Waals surface area contributed by atoms with Crippen LogP contribution in [0.3, 0.4) is 0 Å². The number of hydrogen-bond donors (Lipinski definition) is 1. The Hall–Kier alpha value is -1.28. The van der Waals surface area contributed by atoms with E-state index in [1.165, 1.54) is 0 Å². The average molecular weight is 193 g/mol. The summed E-state index contributed by atoms with van der Waals surface area (Å²) in [5.41, 5.74) is 6.71. The minimum Gasteiger partial charge on any atom is -0.383 e. The summed E-state index contributed by atoms with van der Waals surface area (Å²) >= 11 is 5.90. The lowest BCUT2D eigenvalue weighted by molar-refractivity contribution is 1.31. The monoisotopic (exact) mass is 192 g/mol. The van der Waals surface area contributed by atoms with Gasteiger partial charge in [0.15, 0.2) is 0 Å². The van der Waals surface area contributed by atoms with E-state index in [-0.39, 0.29) is 0 Å². The van der Waals surface area contributed by atoms with Gasteiger partial charge in [-0.3, -0.25) is 0 Å². The topological polar surface area (TPSA) is 38.9 Å². The lowest BCUT2D eigenvalue weighted by Gasteiger charge is -2.05. The van der Waals surface area contributed by atoms with Crippen LogP contribution in [0.25, 0.3) is 10.8 Å². The Morgan fingerprint density at radius 3 is 2.54 bits per heavy atom. The highest BCUT2D eigenvalue weighted by atomic mass is 35.5. The summed E-state index contributed by atoms with van der Waals surface area (Å²) in [6.45, 7) is 1.94. The molecule has 0 spiro atoms. The van der Waals surface area contributed by atoms with Crippen LogP contribution in [0.1, 0.15) is 5.56 Å². The van der Waals surface area contributed by atoms with Crippen molar-refractivity contribution in [2.24, 2.45) is 0 Å². The van der Waals surface area contributed by atoms with E-state index in [1.807, 2.05) is 31.2 Å². The molecule has 2 aromatic rings. The molecule has 0 aliphatic heterocycles. The van der Waals surface area contributed by atoms with Crippen LogP contribution < -0.4 is 5.73 Å². The summed E-state index contributed by atoms with van der Waals surface area (Å²) in [6, 6.07) is 7.84. The fourth-order valence-electron chi connectivity index (χ4n) is 1.39. The Morgan fingerprint density at radius 1 is 1.23 bits per heavy atom. The minimum atomic E-state index is 0.483. The molecular weight excluding hydrogens is 184 g/mol. The normalized spacial score (nSPS) is 10.6. The number of benzene rings is 1. The van der Waals surface area contributed by atoms with E-state index in [0.717, 1.165) is 16.3 Å². The highest BCUT2D eigenvalue weighted by Crippen LogP contribution is 2.26. The molecule has 13 heavy (non-hydrogen) atoms. The molecule has 1 aromatic carbocycles. The Bertz CT molecular complexity index is 466. The molecule has 0 atom stereocenters. The van der Waals surface area contributed by atoms with E-state index in [4.69, 9.17) is 17.3 Å². The van der Waals surface area contributed by atoms with Crippen LogP contribution in [0.15, 0.2) is 24.3 Å². The molecule has 0 radical (unpaired) electrons. The lowest BCUT2D eigenvalue weighted by atomic mass is 10.1. The first-order chi connectivity index (χ1) is 6.20. The Labute approximate surface area is 81.3 Å². The predicted octanol–water partition coefficient (Wildman–Crippen LogP) is 2.78. The highest BCUT2D eigenvalue weighted by Gasteiger charge is 2.05. The Kier molecular flexibility index (Phi) is 1.85. The largest absolute Gasteiger partial charge is 0.383 e. The van der Waals surface area contributed by atoms with E-state index in [0.29, 0.717) is 11.0 Å². The number of rotatable bonds is 0. The summed E-state index contributed by atoms with van der Waals surface area (Å²) in [7, 11) is 0. The number of anilines is 1. The van der Waals surface area contributed by atoms with Crippen molar-refractivity contribution < 1.29 is 0 Å². The first-order valence-corrected chi connectivity index (χ1v) is 4.38. The number of aromatic nitrogens is 1. The number of fused-ring (bicyclic) bond motifs is 1. The summed E-state index contributed by atoms with van der Waals surface area (Å²) in [4.78, 5) is 4.04. The molecule has 0 saturated carbocycles. The van der Waals surface area contributed by atoms with Crippen LogP contribution in [0.2, 0.25) is 5.15 Å². The predicted molar refractivity (Wildman–Crippen MR) is 55.9 cm³/mol. The number of halogens is 1. The van der Waals surface area contributed by atoms with Gasteiger partial charge >= 0.3 is 0 Å². The molecule has 0 amide bonds. The molecule has 1 aromatic heterocycles. The third-order valence-corrected chi connectivity index (χ3v) is 2.50. The van der Waals surface area contributed by atoms with Gasteiger partial charge in [0.2, 0.25) is 0 Å². The van der Waals surface area contributed by atoms with Crippen molar-refractivity contribution in [2.75, 3.05) is 5.73 Å². The van der Waals surface area contributed by atoms with Gasteiger partial charge in [0, 0.05) is 5.39 Å². The van der Waals surface area contributed by atoms with Crippen molar-refractivity contribution in [3.05, 3.63) is 35.0 Å². The second-order valence-electron chi connectivity index (χ2n) is 2.96. The molecule has 66 valence electrons. The number of pyridine rings is 1. The molecular formula is C10H9ClN2. The number of aryl methyl sites for hydroxylation is 1. The van der Waals surface area contributed by atoms with Gasteiger partial charge in [0.25, 0.3) is 0 Å². The molecule has 1 heterocycles. The third-order valence-electron chi connectivity index (χ3n) is 2.14. The highest BCUT2D eigenvalue weighted by molar-refractivity contribution is 6.31. The Balaban J connectivity index is 2.97. The minimum absolute atomic E-state index is 0.483. The fraction of sp³-hybridized carbons (Fsp3) is 0.100. The molecule has 2 rings (SSSR count). The zero-order chi connectivity index (χ0) is 9.42.